The second-order valence-corrected chi connectivity index (χ2v) is 2.74. The zero-order chi connectivity index (χ0) is 7.23. The summed E-state index contributed by atoms with van der Waals surface area (Å²) in [7, 11) is 0. The minimum Gasteiger partial charge on any atom is -0.330 e. The molecule has 0 fully saturated rings. The molecule has 0 heterocycles. The summed E-state index contributed by atoms with van der Waals surface area (Å²) in [4.78, 5) is 0. The van der Waals surface area contributed by atoms with E-state index in [1.54, 1.807) is 0 Å². The van der Waals surface area contributed by atoms with Gasteiger partial charge in [-0.15, -0.1) is 0 Å². The van der Waals surface area contributed by atoms with Crippen LogP contribution in [0.25, 0.3) is 0 Å². The molecule has 1 aromatic rings. The molecule has 1 N–H and O–H groups in total. The summed E-state index contributed by atoms with van der Waals surface area (Å²) in [5.41, 5.74) is 1.28. The first kappa shape index (κ1) is 7.63. The molecule has 0 spiro atoms. The average molecular weight is 154 g/mol. The molecule has 0 radical (unpaired) electrons. The van der Waals surface area contributed by atoms with Crippen LogP contribution in [0.5, 0.6) is 0 Å². The van der Waals surface area contributed by atoms with E-state index >= 15 is 0 Å². The highest BCUT2D eigenvalue weighted by Gasteiger charge is 1.88. The zero-order valence-corrected chi connectivity index (χ0v) is 6.47. The van der Waals surface area contributed by atoms with Gasteiger partial charge >= 0.3 is 0 Å². The molecule has 0 unspecified atom stereocenters. The Kier molecular flexibility index (Phi) is 3.33. The van der Waals surface area contributed by atoms with Gasteiger partial charge in [0.1, 0.15) is 0 Å². The van der Waals surface area contributed by atoms with Crippen LogP contribution in [0.3, 0.4) is 0 Å². The lowest BCUT2D eigenvalue weighted by Crippen LogP contribution is -1.85. The Morgan fingerprint density at radius 1 is 1.20 bits per heavy atom. The number of benzene rings is 1. The standard InChI is InChI=1S/C8H10OS/c9-10-7-6-8-4-2-1-3-5-8/h1-5,9H,6-7H2. The highest BCUT2D eigenvalue weighted by Crippen LogP contribution is 2.02. The molecule has 0 atom stereocenters. The van der Waals surface area contributed by atoms with Gasteiger partial charge in [-0.1, -0.05) is 30.3 Å². The molecule has 0 aliphatic carbocycles. The van der Waals surface area contributed by atoms with Crippen LogP contribution in [0.2, 0.25) is 0 Å². The molecule has 2 heteroatoms. The molecule has 0 saturated carbocycles. The summed E-state index contributed by atoms with van der Waals surface area (Å²) in [5.74, 6) is 0.782. The van der Waals surface area contributed by atoms with Crippen LogP contribution in [0.4, 0.5) is 0 Å². The van der Waals surface area contributed by atoms with Crippen molar-refractivity contribution in [3.05, 3.63) is 35.9 Å². The van der Waals surface area contributed by atoms with Crippen LogP contribution >= 0.6 is 12.0 Å². The van der Waals surface area contributed by atoms with E-state index < -0.39 is 0 Å². The molecule has 0 saturated heterocycles. The highest BCUT2D eigenvalue weighted by molar-refractivity contribution is 7.93. The predicted molar refractivity (Wildman–Crippen MR) is 45.2 cm³/mol. The third kappa shape index (κ3) is 2.42. The number of hydrogen-bond donors (Lipinski definition) is 1. The zero-order valence-electron chi connectivity index (χ0n) is 5.66. The minimum atomic E-state index is 0.782. The summed E-state index contributed by atoms with van der Waals surface area (Å²) in [5, 5.41) is 0. The van der Waals surface area contributed by atoms with Crippen molar-refractivity contribution < 1.29 is 4.55 Å². The minimum absolute atomic E-state index is 0.782. The van der Waals surface area contributed by atoms with Crippen LogP contribution in [0, 0.1) is 0 Å². The van der Waals surface area contributed by atoms with Crippen molar-refractivity contribution in [3.63, 3.8) is 0 Å². The van der Waals surface area contributed by atoms with E-state index in [0.29, 0.717) is 0 Å². The van der Waals surface area contributed by atoms with Crippen molar-refractivity contribution in [2.75, 3.05) is 5.75 Å². The Hall–Kier alpha value is -0.470. The van der Waals surface area contributed by atoms with Crippen LogP contribution in [0.15, 0.2) is 30.3 Å². The van der Waals surface area contributed by atoms with E-state index in [-0.39, 0.29) is 0 Å². The second-order valence-electron chi connectivity index (χ2n) is 2.07. The smallest absolute Gasteiger partial charge is 0.0235 e. The fourth-order valence-corrected chi connectivity index (χ4v) is 1.14. The molecular formula is C8H10OS. The van der Waals surface area contributed by atoms with Crippen LogP contribution in [-0.2, 0) is 6.42 Å². The topological polar surface area (TPSA) is 20.2 Å². The Morgan fingerprint density at radius 3 is 2.50 bits per heavy atom. The SMILES string of the molecule is OSCCc1ccccc1. The van der Waals surface area contributed by atoms with E-state index in [1.165, 1.54) is 5.56 Å². The van der Waals surface area contributed by atoms with Gasteiger partial charge in [-0.2, -0.15) is 0 Å². The third-order valence-corrected chi connectivity index (χ3v) is 1.71. The van der Waals surface area contributed by atoms with Gasteiger partial charge in [0.2, 0.25) is 0 Å². The van der Waals surface area contributed by atoms with Crippen molar-refractivity contribution in [1.29, 1.82) is 0 Å². The van der Waals surface area contributed by atoms with Crippen molar-refractivity contribution in [1.82, 2.24) is 0 Å². The van der Waals surface area contributed by atoms with E-state index in [0.717, 1.165) is 24.2 Å². The predicted octanol–water partition coefficient (Wildman–Crippen LogP) is 2.44. The molecule has 1 aromatic carbocycles. The Morgan fingerprint density at radius 2 is 1.90 bits per heavy atom. The third-order valence-electron chi connectivity index (χ3n) is 1.32. The molecule has 0 bridgehead atoms. The first-order valence-corrected chi connectivity index (χ1v) is 4.18. The van der Waals surface area contributed by atoms with Crippen LogP contribution < -0.4 is 0 Å². The van der Waals surface area contributed by atoms with E-state index in [4.69, 9.17) is 4.55 Å². The molecule has 1 nitrogen and oxygen atoms in total. The van der Waals surface area contributed by atoms with Gasteiger partial charge < -0.3 is 4.55 Å². The fraction of sp³-hybridized carbons (Fsp3) is 0.250. The lowest BCUT2D eigenvalue weighted by atomic mass is 10.2. The highest BCUT2D eigenvalue weighted by atomic mass is 32.2. The summed E-state index contributed by atoms with van der Waals surface area (Å²) in [6, 6.07) is 10.1. The lowest BCUT2D eigenvalue weighted by molar-refractivity contribution is 0.663. The van der Waals surface area contributed by atoms with Gasteiger partial charge in [-0.05, 0) is 24.0 Å². The monoisotopic (exact) mass is 154 g/mol. The number of rotatable bonds is 3. The first-order valence-electron chi connectivity index (χ1n) is 3.24. The van der Waals surface area contributed by atoms with Gasteiger partial charge in [0.05, 0.1) is 0 Å². The van der Waals surface area contributed by atoms with Crippen molar-refractivity contribution in [3.8, 4) is 0 Å². The van der Waals surface area contributed by atoms with Crippen molar-refractivity contribution in [2.45, 2.75) is 6.42 Å². The summed E-state index contributed by atoms with van der Waals surface area (Å²) < 4.78 is 8.44. The normalized spacial score (nSPS) is 9.70. The van der Waals surface area contributed by atoms with Crippen LogP contribution in [0.1, 0.15) is 5.56 Å². The van der Waals surface area contributed by atoms with Crippen LogP contribution in [-0.4, -0.2) is 10.3 Å². The fourth-order valence-electron chi connectivity index (χ4n) is 0.808. The molecule has 10 heavy (non-hydrogen) atoms. The molecule has 0 aliphatic rings. The summed E-state index contributed by atoms with van der Waals surface area (Å²) in [6.07, 6.45) is 0.946. The molecule has 54 valence electrons. The van der Waals surface area contributed by atoms with Crippen molar-refractivity contribution in [2.24, 2.45) is 0 Å². The van der Waals surface area contributed by atoms with E-state index in [9.17, 15) is 0 Å². The van der Waals surface area contributed by atoms with E-state index in [1.807, 2.05) is 18.2 Å². The second kappa shape index (κ2) is 4.36. The summed E-state index contributed by atoms with van der Waals surface area (Å²) in [6.45, 7) is 0. The molecule has 0 aromatic heterocycles. The van der Waals surface area contributed by atoms with E-state index in [2.05, 4.69) is 12.1 Å². The number of aryl methyl sites for hydroxylation is 1. The van der Waals surface area contributed by atoms with Gasteiger partial charge in [0.25, 0.3) is 0 Å². The van der Waals surface area contributed by atoms with Gasteiger partial charge in [0, 0.05) is 5.75 Å². The summed E-state index contributed by atoms with van der Waals surface area (Å²) >= 11 is 0.896. The lowest BCUT2D eigenvalue weighted by Gasteiger charge is -1.95. The Labute approximate surface area is 65.3 Å². The molecule has 1 rings (SSSR count). The maximum absolute atomic E-state index is 8.44. The molecule has 0 amide bonds. The number of hydrogen-bond acceptors (Lipinski definition) is 2. The van der Waals surface area contributed by atoms with Gasteiger partial charge in [-0.3, -0.25) is 0 Å². The quantitative estimate of drug-likeness (QED) is 0.675. The van der Waals surface area contributed by atoms with Gasteiger partial charge in [-0.25, -0.2) is 0 Å². The Bertz CT molecular complexity index is 174. The van der Waals surface area contributed by atoms with Gasteiger partial charge in [0.15, 0.2) is 0 Å². The average Bonchev–Trinajstić information content (AvgIpc) is 2.03. The maximum Gasteiger partial charge on any atom is 0.0235 e. The Balaban J connectivity index is 2.43. The first-order chi connectivity index (χ1) is 4.93. The molecule has 0 aliphatic heterocycles. The van der Waals surface area contributed by atoms with Crippen molar-refractivity contribution >= 4 is 12.0 Å². The molecular weight excluding hydrogens is 144 g/mol. The maximum atomic E-state index is 8.44. The largest absolute Gasteiger partial charge is 0.330 e.